The molecule has 1 aromatic heterocycles. The van der Waals surface area contributed by atoms with Crippen LogP contribution in [0.5, 0.6) is 0 Å². The van der Waals surface area contributed by atoms with Crippen molar-refractivity contribution < 1.29 is 9.90 Å². The van der Waals surface area contributed by atoms with Crippen LogP contribution in [0.2, 0.25) is 0 Å². The lowest BCUT2D eigenvalue weighted by atomic mass is 9.77. The normalized spacial score (nSPS) is 24.5. The predicted molar refractivity (Wildman–Crippen MR) is 76.4 cm³/mol. The first-order valence-corrected chi connectivity index (χ1v) is 7.86. The SMILES string of the molecule is CCc1nc(CN2CCCC(CC)(C(=O)O)C2)cs1. The Morgan fingerprint density at radius 1 is 1.58 bits per heavy atom. The first-order chi connectivity index (χ1) is 9.09. The zero-order valence-electron chi connectivity index (χ0n) is 11.7. The van der Waals surface area contributed by atoms with Crippen molar-refractivity contribution in [3.63, 3.8) is 0 Å². The Labute approximate surface area is 118 Å². The van der Waals surface area contributed by atoms with E-state index >= 15 is 0 Å². The van der Waals surface area contributed by atoms with Gasteiger partial charge in [0, 0.05) is 18.5 Å². The van der Waals surface area contributed by atoms with Gasteiger partial charge in [-0.25, -0.2) is 4.98 Å². The van der Waals surface area contributed by atoms with Gasteiger partial charge in [-0.15, -0.1) is 11.3 Å². The number of hydrogen-bond acceptors (Lipinski definition) is 4. The standard InChI is InChI=1S/C14H22N2O2S/c1-3-12-15-11(9-19-12)8-16-7-5-6-14(4-2,10-16)13(17)18/h9H,3-8,10H2,1-2H3,(H,17,18). The highest BCUT2D eigenvalue weighted by atomic mass is 32.1. The molecule has 4 nitrogen and oxygen atoms in total. The van der Waals surface area contributed by atoms with Crippen molar-refractivity contribution in [3.05, 3.63) is 16.1 Å². The average Bonchev–Trinajstić information content (AvgIpc) is 2.86. The molecule has 1 saturated heterocycles. The van der Waals surface area contributed by atoms with Crippen LogP contribution in [0, 0.1) is 5.41 Å². The summed E-state index contributed by atoms with van der Waals surface area (Å²) in [5.41, 5.74) is 0.529. The fourth-order valence-corrected chi connectivity index (χ4v) is 3.53. The van der Waals surface area contributed by atoms with E-state index in [0.717, 1.165) is 43.1 Å². The Bertz CT molecular complexity index is 446. The molecule has 1 aliphatic rings. The molecule has 1 aromatic rings. The zero-order valence-corrected chi connectivity index (χ0v) is 12.5. The number of likely N-dealkylation sites (tertiary alicyclic amines) is 1. The summed E-state index contributed by atoms with van der Waals surface area (Å²) in [6.45, 7) is 6.50. The molecule has 5 heteroatoms. The molecule has 0 amide bonds. The smallest absolute Gasteiger partial charge is 0.310 e. The van der Waals surface area contributed by atoms with E-state index in [2.05, 4.69) is 22.2 Å². The topological polar surface area (TPSA) is 53.4 Å². The largest absolute Gasteiger partial charge is 0.481 e. The third-order valence-electron chi connectivity index (χ3n) is 4.07. The molecule has 0 bridgehead atoms. The number of carbonyl (C=O) groups is 1. The molecule has 2 heterocycles. The number of aryl methyl sites for hydroxylation is 1. The van der Waals surface area contributed by atoms with E-state index in [0.29, 0.717) is 13.0 Å². The van der Waals surface area contributed by atoms with Crippen LogP contribution >= 0.6 is 11.3 Å². The highest BCUT2D eigenvalue weighted by Crippen LogP contribution is 2.34. The van der Waals surface area contributed by atoms with Crippen molar-refractivity contribution in [2.24, 2.45) is 5.41 Å². The summed E-state index contributed by atoms with van der Waals surface area (Å²) in [5, 5.41) is 12.7. The molecule has 0 spiro atoms. The van der Waals surface area contributed by atoms with Crippen molar-refractivity contribution >= 4 is 17.3 Å². The van der Waals surface area contributed by atoms with Gasteiger partial charge in [0.1, 0.15) is 0 Å². The summed E-state index contributed by atoms with van der Waals surface area (Å²) in [6, 6.07) is 0. The van der Waals surface area contributed by atoms with Crippen LogP contribution in [0.4, 0.5) is 0 Å². The quantitative estimate of drug-likeness (QED) is 0.902. The van der Waals surface area contributed by atoms with Gasteiger partial charge in [0.15, 0.2) is 0 Å². The molecule has 1 unspecified atom stereocenters. The summed E-state index contributed by atoms with van der Waals surface area (Å²) < 4.78 is 0. The Morgan fingerprint density at radius 2 is 2.37 bits per heavy atom. The molecule has 2 rings (SSSR count). The van der Waals surface area contributed by atoms with Crippen LogP contribution in [-0.2, 0) is 17.8 Å². The zero-order chi connectivity index (χ0) is 13.9. The molecular weight excluding hydrogens is 260 g/mol. The Balaban J connectivity index is 2.03. The molecule has 0 aromatic carbocycles. The summed E-state index contributed by atoms with van der Waals surface area (Å²) in [4.78, 5) is 18.3. The van der Waals surface area contributed by atoms with Gasteiger partial charge in [-0.2, -0.15) is 0 Å². The first-order valence-electron chi connectivity index (χ1n) is 6.98. The van der Waals surface area contributed by atoms with Gasteiger partial charge in [-0.3, -0.25) is 9.69 Å². The van der Waals surface area contributed by atoms with E-state index in [1.54, 1.807) is 11.3 Å². The van der Waals surface area contributed by atoms with Gasteiger partial charge in [0.2, 0.25) is 0 Å². The van der Waals surface area contributed by atoms with E-state index in [1.165, 1.54) is 0 Å². The second kappa shape index (κ2) is 6.01. The maximum absolute atomic E-state index is 11.5. The number of rotatable bonds is 5. The Kier molecular flexibility index (Phi) is 4.58. The minimum atomic E-state index is -0.646. The second-order valence-corrected chi connectivity index (χ2v) is 6.28. The van der Waals surface area contributed by atoms with E-state index < -0.39 is 11.4 Å². The molecule has 19 heavy (non-hydrogen) atoms. The molecule has 1 aliphatic heterocycles. The van der Waals surface area contributed by atoms with Gasteiger partial charge in [0.25, 0.3) is 0 Å². The molecule has 0 saturated carbocycles. The highest BCUT2D eigenvalue weighted by molar-refractivity contribution is 7.09. The average molecular weight is 282 g/mol. The molecule has 1 fully saturated rings. The van der Waals surface area contributed by atoms with Gasteiger partial charge in [-0.05, 0) is 32.2 Å². The molecule has 0 radical (unpaired) electrons. The van der Waals surface area contributed by atoms with Gasteiger partial charge >= 0.3 is 5.97 Å². The summed E-state index contributed by atoms with van der Waals surface area (Å²) >= 11 is 1.70. The van der Waals surface area contributed by atoms with Crippen molar-refractivity contribution in [3.8, 4) is 0 Å². The lowest BCUT2D eigenvalue weighted by molar-refractivity contribution is -0.153. The number of hydrogen-bond donors (Lipinski definition) is 1. The molecule has 1 N–H and O–H groups in total. The summed E-state index contributed by atoms with van der Waals surface area (Å²) in [5.74, 6) is -0.646. The monoisotopic (exact) mass is 282 g/mol. The number of aromatic nitrogens is 1. The maximum atomic E-state index is 11.5. The number of carboxylic acids is 1. The van der Waals surface area contributed by atoms with Crippen LogP contribution in [0.1, 0.15) is 43.8 Å². The first kappa shape index (κ1) is 14.5. The number of carboxylic acid groups (broad SMARTS) is 1. The minimum absolute atomic E-state index is 0.554. The molecule has 0 aliphatic carbocycles. The lowest BCUT2D eigenvalue weighted by Crippen LogP contribution is -2.47. The van der Waals surface area contributed by atoms with Gasteiger partial charge in [0.05, 0.1) is 16.1 Å². The summed E-state index contributed by atoms with van der Waals surface area (Å²) in [6.07, 6.45) is 3.44. The third kappa shape index (κ3) is 3.15. The lowest BCUT2D eigenvalue weighted by Gasteiger charge is -2.39. The van der Waals surface area contributed by atoms with E-state index in [9.17, 15) is 9.90 Å². The minimum Gasteiger partial charge on any atom is -0.481 e. The van der Waals surface area contributed by atoms with E-state index in [4.69, 9.17) is 0 Å². The van der Waals surface area contributed by atoms with Crippen molar-refractivity contribution in [2.45, 2.75) is 46.1 Å². The fourth-order valence-electron chi connectivity index (χ4n) is 2.79. The number of nitrogens with zero attached hydrogens (tertiary/aromatic N) is 2. The van der Waals surface area contributed by atoms with E-state index in [1.807, 2.05) is 6.92 Å². The Hall–Kier alpha value is -0.940. The van der Waals surface area contributed by atoms with Crippen LogP contribution in [0.3, 0.4) is 0 Å². The molecule has 106 valence electrons. The van der Waals surface area contributed by atoms with Gasteiger partial charge < -0.3 is 5.11 Å². The third-order valence-corrected chi connectivity index (χ3v) is 5.12. The molecule has 1 atom stereocenters. The number of thiazole rings is 1. The van der Waals surface area contributed by atoms with Crippen LogP contribution in [0.25, 0.3) is 0 Å². The van der Waals surface area contributed by atoms with Crippen LogP contribution in [-0.4, -0.2) is 34.0 Å². The fraction of sp³-hybridized carbons (Fsp3) is 0.714. The number of piperidine rings is 1. The van der Waals surface area contributed by atoms with Crippen LogP contribution < -0.4 is 0 Å². The van der Waals surface area contributed by atoms with Crippen LogP contribution in [0.15, 0.2) is 5.38 Å². The highest BCUT2D eigenvalue weighted by Gasteiger charge is 2.40. The van der Waals surface area contributed by atoms with Crippen molar-refractivity contribution in [1.29, 1.82) is 0 Å². The van der Waals surface area contributed by atoms with Gasteiger partial charge in [-0.1, -0.05) is 13.8 Å². The van der Waals surface area contributed by atoms with Crippen molar-refractivity contribution in [2.75, 3.05) is 13.1 Å². The van der Waals surface area contributed by atoms with E-state index in [-0.39, 0.29) is 0 Å². The Morgan fingerprint density at radius 3 is 2.95 bits per heavy atom. The molecular formula is C14H22N2O2S. The second-order valence-electron chi connectivity index (χ2n) is 5.34. The maximum Gasteiger partial charge on any atom is 0.310 e. The van der Waals surface area contributed by atoms with Crippen molar-refractivity contribution in [1.82, 2.24) is 9.88 Å². The predicted octanol–water partition coefficient (Wildman–Crippen LogP) is 2.78. The number of aliphatic carboxylic acids is 1. The summed E-state index contributed by atoms with van der Waals surface area (Å²) in [7, 11) is 0.